The highest BCUT2D eigenvalue weighted by Gasteiger charge is 2.04. The second-order valence-corrected chi connectivity index (χ2v) is 4.25. The van der Waals surface area contributed by atoms with E-state index in [1.807, 2.05) is 13.8 Å². The van der Waals surface area contributed by atoms with Gasteiger partial charge in [-0.15, -0.1) is 0 Å². The Hall–Kier alpha value is -1.14. The molecular weight excluding hydrogens is 264 g/mol. The average molecular weight is 290 g/mol. The van der Waals surface area contributed by atoms with E-state index in [4.69, 9.17) is 18.9 Å². The van der Waals surface area contributed by atoms with Crippen LogP contribution >= 0.6 is 0 Å². The van der Waals surface area contributed by atoms with Gasteiger partial charge in [-0.3, -0.25) is 0 Å². The Labute approximate surface area is 120 Å². The van der Waals surface area contributed by atoms with E-state index in [0.29, 0.717) is 13.2 Å². The first-order valence-electron chi connectivity index (χ1n) is 7.17. The molecule has 0 fully saturated rings. The second kappa shape index (κ2) is 14.3. The fourth-order valence-corrected chi connectivity index (χ4v) is 1.17. The average Bonchev–Trinajstić information content (AvgIpc) is 2.43. The number of carbonyl (C=O) groups is 2. The van der Waals surface area contributed by atoms with Crippen molar-refractivity contribution in [2.24, 2.45) is 0 Å². The first-order valence-corrected chi connectivity index (χ1v) is 7.17. The van der Waals surface area contributed by atoms with Crippen LogP contribution in [0.15, 0.2) is 0 Å². The molecule has 0 aliphatic rings. The van der Waals surface area contributed by atoms with Gasteiger partial charge in [-0.05, 0) is 12.8 Å². The molecule has 6 nitrogen and oxygen atoms in total. The fourth-order valence-electron chi connectivity index (χ4n) is 1.17. The normalized spacial score (nSPS) is 10.3. The lowest BCUT2D eigenvalue weighted by atomic mass is 10.4. The molecule has 0 aromatic carbocycles. The highest BCUT2D eigenvalue weighted by atomic mass is 16.6. The van der Waals surface area contributed by atoms with E-state index in [2.05, 4.69) is 0 Å². The molecule has 0 atom stereocenters. The lowest BCUT2D eigenvalue weighted by Crippen LogP contribution is -2.18. The van der Waals surface area contributed by atoms with Gasteiger partial charge in [0, 0.05) is 0 Å². The standard InChI is InChI=1S/C14H26O6/c1-3-5-7-19-13(15)11-17-9-10-18-12-14(16)20-8-6-4-2/h3-12H2,1-2H3. The van der Waals surface area contributed by atoms with Crippen molar-refractivity contribution in [1.29, 1.82) is 0 Å². The maximum atomic E-state index is 11.1. The summed E-state index contributed by atoms with van der Waals surface area (Å²) in [7, 11) is 0. The van der Waals surface area contributed by atoms with Gasteiger partial charge >= 0.3 is 11.9 Å². The Kier molecular flexibility index (Phi) is 13.5. The Bertz CT molecular complexity index is 228. The summed E-state index contributed by atoms with van der Waals surface area (Å²) in [5.41, 5.74) is 0. The predicted octanol–water partition coefficient (Wildman–Crippen LogP) is 1.71. The van der Waals surface area contributed by atoms with Crippen molar-refractivity contribution < 1.29 is 28.5 Å². The molecule has 0 saturated carbocycles. The first-order chi connectivity index (χ1) is 9.70. The zero-order valence-corrected chi connectivity index (χ0v) is 12.5. The highest BCUT2D eigenvalue weighted by molar-refractivity contribution is 5.71. The van der Waals surface area contributed by atoms with Gasteiger partial charge in [0.25, 0.3) is 0 Å². The number of ether oxygens (including phenoxy) is 4. The monoisotopic (exact) mass is 290 g/mol. The van der Waals surface area contributed by atoms with E-state index in [9.17, 15) is 9.59 Å². The molecule has 0 aromatic heterocycles. The molecule has 0 amide bonds. The van der Waals surface area contributed by atoms with E-state index in [-0.39, 0.29) is 38.4 Å². The maximum absolute atomic E-state index is 11.1. The van der Waals surface area contributed by atoms with Gasteiger partial charge in [-0.25, -0.2) is 9.59 Å². The summed E-state index contributed by atoms with van der Waals surface area (Å²) in [5, 5.41) is 0. The van der Waals surface area contributed by atoms with Crippen molar-refractivity contribution in [3.63, 3.8) is 0 Å². The van der Waals surface area contributed by atoms with Gasteiger partial charge in [-0.2, -0.15) is 0 Å². The number of hydrogen-bond donors (Lipinski definition) is 0. The maximum Gasteiger partial charge on any atom is 0.332 e. The summed E-state index contributed by atoms with van der Waals surface area (Å²) in [6.45, 7) is 5.21. The molecule has 0 N–H and O–H groups in total. The minimum Gasteiger partial charge on any atom is -0.464 e. The Morgan fingerprint density at radius 1 is 0.700 bits per heavy atom. The summed E-state index contributed by atoms with van der Waals surface area (Å²) >= 11 is 0. The van der Waals surface area contributed by atoms with Crippen LogP contribution in [-0.2, 0) is 28.5 Å². The van der Waals surface area contributed by atoms with Crippen LogP contribution in [0.4, 0.5) is 0 Å². The molecule has 0 aromatic rings. The van der Waals surface area contributed by atoms with Crippen molar-refractivity contribution in [1.82, 2.24) is 0 Å². The highest BCUT2D eigenvalue weighted by Crippen LogP contribution is 1.91. The minimum absolute atomic E-state index is 0.0893. The van der Waals surface area contributed by atoms with Crippen LogP contribution in [0.1, 0.15) is 39.5 Å². The molecule has 6 heteroatoms. The van der Waals surface area contributed by atoms with Crippen LogP contribution in [0, 0.1) is 0 Å². The molecule has 0 unspecified atom stereocenters. The van der Waals surface area contributed by atoms with Crippen molar-refractivity contribution in [3.05, 3.63) is 0 Å². The van der Waals surface area contributed by atoms with Crippen molar-refractivity contribution in [3.8, 4) is 0 Å². The Morgan fingerprint density at radius 3 is 1.45 bits per heavy atom. The quantitative estimate of drug-likeness (QED) is 0.380. The number of esters is 2. The predicted molar refractivity (Wildman–Crippen MR) is 73.4 cm³/mol. The van der Waals surface area contributed by atoms with Crippen molar-refractivity contribution in [2.45, 2.75) is 39.5 Å². The molecular formula is C14H26O6. The van der Waals surface area contributed by atoms with Crippen LogP contribution < -0.4 is 0 Å². The molecule has 20 heavy (non-hydrogen) atoms. The van der Waals surface area contributed by atoms with E-state index in [1.165, 1.54) is 0 Å². The third kappa shape index (κ3) is 13.3. The van der Waals surface area contributed by atoms with E-state index in [0.717, 1.165) is 25.7 Å². The molecule has 0 aliphatic heterocycles. The summed E-state index contributed by atoms with van der Waals surface area (Å²) in [6, 6.07) is 0. The van der Waals surface area contributed by atoms with Crippen molar-refractivity contribution >= 4 is 11.9 Å². The number of carbonyl (C=O) groups excluding carboxylic acids is 2. The molecule has 0 spiro atoms. The third-order valence-electron chi connectivity index (χ3n) is 2.33. The van der Waals surface area contributed by atoms with Crippen LogP contribution in [0.2, 0.25) is 0 Å². The minimum atomic E-state index is -0.377. The summed E-state index contributed by atoms with van der Waals surface area (Å²) in [5.74, 6) is -0.755. The Morgan fingerprint density at radius 2 is 1.10 bits per heavy atom. The van der Waals surface area contributed by atoms with Gasteiger partial charge in [-0.1, -0.05) is 26.7 Å². The van der Waals surface area contributed by atoms with Gasteiger partial charge in [0.1, 0.15) is 13.2 Å². The number of rotatable bonds is 13. The molecule has 0 heterocycles. The van der Waals surface area contributed by atoms with E-state index >= 15 is 0 Å². The molecule has 0 bridgehead atoms. The zero-order chi connectivity index (χ0) is 15.1. The van der Waals surface area contributed by atoms with Gasteiger partial charge in [0.2, 0.25) is 0 Å². The molecule has 0 aliphatic carbocycles. The summed E-state index contributed by atoms with van der Waals surface area (Å²) < 4.78 is 19.9. The zero-order valence-electron chi connectivity index (χ0n) is 12.5. The lowest BCUT2D eigenvalue weighted by molar-refractivity contribution is -0.152. The fraction of sp³-hybridized carbons (Fsp3) is 0.857. The Balaban J connectivity index is 3.27. The number of hydrogen-bond acceptors (Lipinski definition) is 6. The molecule has 0 rings (SSSR count). The molecule has 0 saturated heterocycles. The van der Waals surface area contributed by atoms with Gasteiger partial charge in [0.05, 0.1) is 26.4 Å². The largest absolute Gasteiger partial charge is 0.464 e. The van der Waals surface area contributed by atoms with Crippen LogP contribution in [0.5, 0.6) is 0 Å². The summed E-state index contributed by atoms with van der Waals surface area (Å²) in [4.78, 5) is 22.3. The van der Waals surface area contributed by atoms with Gasteiger partial charge < -0.3 is 18.9 Å². The van der Waals surface area contributed by atoms with E-state index in [1.54, 1.807) is 0 Å². The van der Waals surface area contributed by atoms with Crippen LogP contribution in [0.25, 0.3) is 0 Å². The molecule has 0 radical (unpaired) electrons. The summed E-state index contributed by atoms with van der Waals surface area (Å²) in [6.07, 6.45) is 3.68. The topological polar surface area (TPSA) is 71.1 Å². The second-order valence-electron chi connectivity index (χ2n) is 4.25. The number of unbranched alkanes of at least 4 members (excludes halogenated alkanes) is 2. The first kappa shape index (κ1) is 18.9. The smallest absolute Gasteiger partial charge is 0.332 e. The lowest BCUT2D eigenvalue weighted by Gasteiger charge is -2.06. The van der Waals surface area contributed by atoms with E-state index < -0.39 is 0 Å². The SMILES string of the molecule is CCCCOC(=O)COCCOCC(=O)OCCCC. The van der Waals surface area contributed by atoms with Gasteiger partial charge in [0.15, 0.2) is 0 Å². The van der Waals surface area contributed by atoms with Crippen LogP contribution in [0.3, 0.4) is 0 Å². The molecule has 118 valence electrons. The third-order valence-corrected chi connectivity index (χ3v) is 2.33. The van der Waals surface area contributed by atoms with Crippen LogP contribution in [-0.4, -0.2) is 51.6 Å². The van der Waals surface area contributed by atoms with Crippen molar-refractivity contribution in [2.75, 3.05) is 39.6 Å².